The molecule has 0 atom stereocenters. The second-order valence-electron chi connectivity index (χ2n) is 4.02. The second-order valence-corrected chi connectivity index (χ2v) is 4.90. The number of nitrogens with zero attached hydrogens (tertiary/aromatic N) is 1. The normalized spacial score (nSPS) is 10.7. The van der Waals surface area contributed by atoms with Gasteiger partial charge in [0.15, 0.2) is 0 Å². The van der Waals surface area contributed by atoms with Crippen LogP contribution in [0.15, 0.2) is 58.5 Å². The molecular weight excluding hydrogens is 272 g/mol. The van der Waals surface area contributed by atoms with Gasteiger partial charge in [0.05, 0.1) is 6.21 Å². The van der Waals surface area contributed by atoms with Gasteiger partial charge >= 0.3 is 0 Å². The Labute approximate surface area is 121 Å². The van der Waals surface area contributed by atoms with Crippen LogP contribution in [-0.4, -0.2) is 23.5 Å². The van der Waals surface area contributed by atoms with Gasteiger partial charge in [-0.25, -0.2) is 5.43 Å². The Morgan fingerprint density at radius 1 is 1.25 bits per heavy atom. The molecule has 0 fully saturated rings. The maximum Gasteiger partial charge on any atom is 0.271 e. The summed E-state index contributed by atoms with van der Waals surface area (Å²) in [5, 5.41) is 13.2. The SMILES string of the molecule is CSc1ccc(/C=N/NC(=O)c2cccc(O)c2)cc1. The van der Waals surface area contributed by atoms with Gasteiger partial charge in [0, 0.05) is 10.5 Å². The van der Waals surface area contributed by atoms with Gasteiger partial charge in [-0.2, -0.15) is 5.10 Å². The molecular formula is C15H14N2O2S. The summed E-state index contributed by atoms with van der Waals surface area (Å²) in [6, 6.07) is 13.9. The Morgan fingerprint density at radius 2 is 2.00 bits per heavy atom. The van der Waals surface area contributed by atoms with Crippen LogP contribution >= 0.6 is 11.8 Å². The molecule has 0 bridgehead atoms. The van der Waals surface area contributed by atoms with Crippen molar-refractivity contribution in [1.82, 2.24) is 5.43 Å². The van der Waals surface area contributed by atoms with Crippen LogP contribution in [-0.2, 0) is 0 Å². The summed E-state index contributed by atoms with van der Waals surface area (Å²) in [6.45, 7) is 0. The zero-order valence-corrected chi connectivity index (χ0v) is 11.7. The number of benzene rings is 2. The number of amides is 1. The third-order valence-corrected chi connectivity index (χ3v) is 3.35. The Hall–Kier alpha value is -2.27. The van der Waals surface area contributed by atoms with E-state index in [9.17, 15) is 9.90 Å². The molecule has 0 saturated carbocycles. The van der Waals surface area contributed by atoms with Gasteiger partial charge in [-0.15, -0.1) is 11.8 Å². The molecule has 102 valence electrons. The highest BCUT2D eigenvalue weighted by Crippen LogP contribution is 2.14. The van der Waals surface area contributed by atoms with E-state index in [4.69, 9.17) is 0 Å². The molecule has 0 aliphatic rings. The first-order valence-corrected chi connectivity index (χ1v) is 7.18. The van der Waals surface area contributed by atoms with Crippen LogP contribution in [0.5, 0.6) is 5.75 Å². The summed E-state index contributed by atoms with van der Waals surface area (Å²) in [6.07, 6.45) is 3.59. The van der Waals surface area contributed by atoms with E-state index in [-0.39, 0.29) is 11.7 Å². The number of aromatic hydroxyl groups is 1. The highest BCUT2D eigenvalue weighted by molar-refractivity contribution is 7.98. The van der Waals surface area contributed by atoms with Gasteiger partial charge in [0.1, 0.15) is 5.75 Å². The summed E-state index contributed by atoms with van der Waals surface area (Å²) in [5.41, 5.74) is 3.68. The summed E-state index contributed by atoms with van der Waals surface area (Å²) >= 11 is 1.67. The smallest absolute Gasteiger partial charge is 0.271 e. The van der Waals surface area contributed by atoms with Crippen LogP contribution < -0.4 is 5.43 Å². The number of phenolic OH excluding ortho intramolecular Hbond substituents is 1. The van der Waals surface area contributed by atoms with Crippen molar-refractivity contribution in [2.24, 2.45) is 5.10 Å². The zero-order chi connectivity index (χ0) is 14.4. The highest BCUT2D eigenvalue weighted by atomic mass is 32.2. The average molecular weight is 286 g/mol. The number of carbonyl (C=O) groups excluding carboxylic acids is 1. The molecule has 1 amide bonds. The van der Waals surface area contributed by atoms with Crippen LogP contribution in [0.4, 0.5) is 0 Å². The van der Waals surface area contributed by atoms with E-state index < -0.39 is 0 Å². The molecule has 2 rings (SSSR count). The van der Waals surface area contributed by atoms with Crippen LogP contribution in [0.25, 0.3) is 0 Å². The Balaban J connectivity index is 1.97. The standard InChI is InChI=1S/C15H14N2O2S/c1-20-14-7-5-11(6-8-14)10-16-17-15(19)12-3-2-4-13(18)9-12/h2-10,18H,1H3,(H,17,19)/b16-10+. The van der Waals surface area contributed by atoms with E-state index in [1.807, 2.05) is 30.5 Å². The van der Waals surface area contributed by atoms with Crippen molar-refractivity contribution < 1.29 is 9.90 Å². The van der Waals surface area contributed by atoms with Crippen molar-refractivity contribution in [3.8, 4) is 5.75 Å². The molecule has 5 heteroatoms. The fraction of sp³-hybridized carbons (Fsp3) is 0.0667. The number of thioether (sulfide) groups is 1. The van der Waals surface area contributed by atoms with Crippen LogP contribution in [0.2, 0.25) is 0 Å². The van der Waals surface area contributed by atoms with Gasteiger partial charge in [-0.3, -0.25) is 4.79 Å². The van der Waals surface area contributed by atoms with Crippen molar-refractivity contribution >= 4 is 23.9 Å². The van der Waals surface area contributed by atoms with E-state index in [1.54, 1.807) is 30.1 Å². The van der Waals surface area contributed by atoms with Crippen molar-refractivity contribution in [2.75, 3.05) is 6.26 Å². The largest absolute Gasteiger partial charge is 0.508 e. The zero-order valence-electron chi connectivity index (χ0n) is 10.9. The minimum absolute atomic E-state index is 0.0503. The first-order chi connectivity index (χ1) is 9.69. The molecule has 0 aliphatic heterocycles. The van der Waals surface area contributed by atoms with Gasteiger partial charge in [0.2, 0.25) is 0 Å². The van der Waals surface area contributed by atoms with E-state index in [2.05, 4.69) is 10.5 Å². The summed E-state index contributed by atoms with van der Waals surface area (Å²) < 4.78 is 0. The molecule has 0 heterocycles. The molecule has 2 aromatic carbocycles. The number of nitrogens with one attached hydrogen (secondary N) is 1. The number of hydrazone groups is 1. The molecule has 2 aromatic rings. The number of hydrogen-bond donors (Lipinski definition) is 2. The van der Waals surface area contributed by atoms with E-state index >= 15 is 0 Å². The lowest BCUT2D eigenvalue weighted by molar-refractivity contribution is 0.0954. The second kappa shape index (κ2) is 6.77. The van der Waals surface area contributed by atoms with E-state index in [0.29, 0.717) is 5.56 Å². The van der Waals surface area contributed by atoms with Crippen LogP contribution in [0.1, 0.15) is 15.9 Å². The van der Waals surface area contributed by atoms with Gasteiger partial charge in [-0.1, -0.05) is 18.2 Å². The summed E-state index contributed by atoms with van der Waals surface area (Å²) in [7, 11) is 0. The number of rotatable bonds is 4. The molecule has 20 heavy (non-hydrogen) atoms. The summed E-state index contributed by atoms with van der Waals surface area (Å²) in [5.74, 6) is -0.313. The van der Waals surface area contributed by atoms with E-state index in [0.717, 1.165) is 5.56 Å². The Kier molecular flexibility index (Phi) is 4.79. The Bertz CT molecular complexity index is 624. The molecule has 0 spiro atoms. The minimum atomic E-state index is -0.363. The number of hydrogen-bond acceptors (Lipinski definition) is 4. The number of phenols is 1. The lowest BCUT2D eigenvalue weighted by Gasteiger charge is -2.00. The van der Waals surface area contributed by atoms with Crippen molar-refractivity contribution in [2.45, 2.75) is 4.90 Å². The maximum atomic E-state index is 11.7. The third kappa shape index (κ3) is 3.86. The molecule has 2 N–H and O–H groups in total. The Morgan fingerprint density at radius 3 is 2.65 bits per heavy atom. The number of carbonyl (C=O) groups is 1. The molecule has 0 radical (unpaired) electrons. The van der Waals surface area contributed by atoms with Crippen LogP contribution in [0, 0.1) is 0 Å². The minimum Gasteiger partial charge on any atom is -0.508 e. The fourth-order valence-electron chi connectivity index (χ4n) is 1.57. The van der Waals surface area contributed by atoms with Gasteiger partial charge in [0.25, 0.3) is 5.91 Å². The van der Waals surface area contributed by atoms with Crippen molar-refractivity contribution in [3.63, 3.8) is 0 Å². The van der Waals surface area contributed by atoms with Gasteiger partial charge in [-0.05, 0) is 42.2 Å². The average Bonchev–Trinajstić information content (AvgIpc) is 2.48. The molecule has 0 unspecified atom stereocenters. The lowest BCUT2D eigenvalue weighted by Crippen LogP contribution is -2.17. The molecule has 4 nitrogen and oxygen atoms in total. The quantitative estimate of drug-likeness (QED) is 0.516. The van der Waals surface area contributed by atoms with Gasteiger partial charge < -0.3 is 5.11 Å². The summed E-state index contributed by atoms with van der Waals surface area (Å²) in [4.78, 5) is 12.9. The maximum absolute atomic E-state index is 11.7. The van der Waals surface area contributed by atoms with Crippen LogP contribution in [0.3, 0.4) is 0 Å². The third-order valence-electron chi connectivity index (χ3n) is 2.60. The van der Waals surface area contributed by atoms with Crippen molar-refractivity contribution in [1.29, 1.82) is 0 Å². The topological polar surface area (TPSA) is 61.7 Å². The predicted molar refractivity (Wildman–Crippen MR) is 81.4 cm³/mol. The van der Waals surface area contributed by atoms with E-state index in [1.165, 1.54) is 17.0 Å². The highest BCUT2D eigenvalue weighted by Gasteiger charge is 2.03. The molecule has 0 saturated heterocycles. The fourth-order valence-corrected chi connectivity index (χ4v) is 1.98. The monoisotopic (exact) mass is 286 g/mol. The predicted octanol–water partition coefficient (Wildman–Crippen LogP) is 2.88. The first kappa shape index (κ1) is 14.1. The molecule has 0 aliphatic carbocycles. The lowest BCUT2D eigenvalue weighted by atomic mass is 10.2. The van der Waals surface area contributed by atoms with Crippen molar-refractivity contribution in [3.05, 3.63) is 59.7 Å². The first-order valence-electron chi connectivity index (χ1n) is 5.95. The molecule has 0 aromatic heterocycles.